The molecule has 2 N–H and O–H groups in total. The summed E-state index contributed by atoms with van der Waals surface area (Å²) in [5.74, 6) is 1.76. The van der Waals surface area contributed by atoms with Crippen LogP contribution in [0.3, 0.4) is 0 Å². The molecule has 1 fully saturated rings. The summed E-state index contributed by atoms with van der Waals surface area (Å²) in [6.07, 6.45) is 1.40. The SMILES string of the molecule is COc1ccc(OC[C@H](O)CSc2cc(C(=O)NC3CC3)c3ccccc3n2)cc1. The smallest absolute Gasteiger partial charge is 0.252 e. The Morgan fingerprint density at radius 3 is 2.67 bits per heavy atom. The number of hydrogen-bond acceptors (Lipinski definition) is 6. The lowest BCUT2D eigenvalue weighted by Crippen LogP contribution is -2.25. The molecule has 1 heterocycles. The normalized spacial score (nSPS) is 14.3. The molecule has 1 aliphatic carbocycles. The second kappa shape index (κ2) is 9.36. The number of rotatable bonds is 9. The number of aliphatic hydroxyl groups excluding tert-OH is 1. The lowest BCUT2D eigenvalue weighted by atomic mass is 10.1. The van der Waals surface area contributed by atoms with Crippen LogP contribution in [0, 0.1) is 0 Å². The molecule has 0 aliphatic heterocycles. The molecule has 156 valence electrons. The molecule has 4 rings (SSSR count). The molecule has 1 amide bonds. The van der Waals surface area contributed by atoms with Crippen molar-refractivity contribution >= 4 is 28.6 Å². The van der Waals surface area contributed by atoms with Crippen molar-refractivity contribution < 1.29 is 19.4 Å². The van der Waals surface area contributed by atoms with Gasteiger partial charge in [0.25, 0.3) is 5.91 Å². The highest BCUT2D eigenvalue weighted by Gasteiger charge is 2.25. The van der Waals surface area contributed by atoms with Gasteiger partial charge < -0.3 is 19.9 Å². The number of nitrogens with one attached hydrogen (secondary N) is 1. The van der Waals surface area contributed by atoms with Crippen LogP contribution in [0.15, 0.2) is 59.6 Å². The van der Waals surface area contributed by atoms with E-state index in [1.807, 2.05) is 42.5 Å². The largest absolute Gasteiger partial charge is 0.497 e. The molecule has 7 heteroatoms. The fourth-order valence-electron chi connectivity index (χ4n) is 3.00. The van der Waals surface area contributed by atoms with E-state index in [-0.39, 0.29) is 18.6 Å². The first-order valence-electron chi connectivity index (χ1n) is 9.91. The minimum atomic E-state index is -0.672. The van der Waals surface area contributed by atoms with Gasteiger partial charge in [-0.25, -0.2) is 4.98 Å². The highest BCUT2D eigenvalue weighted by Crippen LogP contribution is 2.26. The van der Waals surface area contributed by atoms with Crippen molar-refractivity contribution in [3.63, 3.8) is 0 Å². The van der Waals surface area contributed by atoms with Gasteiger partial charge in [-0.05, 0) is 49.2 Å². The van der Waals surface area contributed by atoms with E-state index in [0.29, 0.717) is 22.1 Å². The number of ether oxygens (including phenoxy) is 2. The summed E-state index contributed by atoms with van der Waals surface area (Å²) in [7, 11) is 1.61. The molecule has 2 aromatic carbocycles. The average Bonchev–Trinajstić information content (AvgIpc) is 3.60. The predicted octanol–water partition coefficient (Wildman–Crippen LogP) is 3.67. The summed E-state index contributed by atoms with van der Waals surface area (Å²) in [4.78, 5) is 17.3. The molecule has 30 heavy (non-hydrogen) atoms. The first-order chi connectivity index (χ1) is 14.6. The topological polar surface area (TPSA) is 80.7 Å². The number of nitrogens with zero attached hydrogens (tertiary/aromatic N) is 1. The second-order valence-corrected chi connectivity index (χ2v) is 8.26. The van der Waals surface area contributed by atoms with Crippen molar-refractivity contribution in [2.24, 2.45) is 0 Å². The monoisotopic (exact) mass is 424 g/mol. The van der Waals surface area contributed by atoms with Gasteiger partial charge in [0.15, 0.2) is 0 Å². The summed E-state index contributed by atoms with van der Waals surface area (Å²) in [5.41, 5.74) is 1.39. The average molecular weight is 425 g/mol. The van der Waals surface area contributed by atoms with Gasteiger partial charge in [0, 0.05) is 17.2 Å². The number of pyridine rings is 1. The highest BCUT2D eigenvalue weighted by atomic mass is 32.2. The standard InChI is InChI=1S/C23H24N2O4S/c1-28-17-8-10-18(11-9-17)29-13-16(26)14-30-22-12-20(23(27)24-15-6-7-15)19-4-2-3-5-21(19)25-22/h2-5,8-12,15-16,26H,6-7,13-14H2,1H3,(H,24,27)/t16-/m0/s1. The number of para-hydroxylation sites is 1. The van der Waals surface area contributed by atoms with E-state index in [9.17, 15) is 9.90 Å². The minimum Gasteiger partial charge on any atom is -0.497 e. The van der Waals surface area contributed by atoms with Crippen LogP contribution in [0.25, 0.3) is 10.9 Å². The van der Waals surface area contributed by atoms with Gasteiger partial charge in [0.05, 0.1) is 29.3 Å². The first-order valence-corrected chi connectivity index (χ1v) is 10.9. The van der Waals surface area contributed by atoms with E-state index in [2.05, 4.69) is 10.3 Å². The zero-order valence-electron chi connectivity index (χ0n) is 16.7. The molecule has 3 aromatic rings. The Kier molecular flexibility index (Phi) is 6.40. The van der Waals surface area contributed by atoms with Crippen LogP contribution in [0.4, 0.5) is 0 Å². The van der Waals surface area contributed by atoms with Gasteiger partial charge in [-0.15, -0.1) is 11.8 Å². The quantitative estimate of drug-likeness (QED) is 0.510. The van der Waals surface area contributed by atoms with Gasteiger partial charge in [0.2, 0.25) is 0 Å². The molecule has 1 saturated carbocycles. The third-order valence-corrected chi connectivity index (χ3v) is 5.83. The lowest BCUT2D eigenvalue weighted by molar-refractivity contribution is 0.0952. The molecule has 0 radical (unpaired) electrons. The Labute approximate surface area is 179 Å². The van der Waals surface area contributed by atoms with Crippen LogP contribution in [0.5, 0.6) is 11.5 Å². The van der Waals surface area contributed by atoms with Crippen molar-refractivity contribution in [1.82, 2.24) is 10.3 Å². The van der Waals surface area contributed by atoms with E-state index in [4.69, 9.17) is 9.47 Å². The Hall–Kier alpha value is -2.77. The zero-order chi connectivity index (χ0) is 20.9. The summed E-state index contributed by atoms with van der Waals surface area (Å²) >= 11 is 1.41. The van der Waals surface area contributed by atoms with E-state index in [1.165, 1.54) is 11.8 Å². The summed E-state index contributed by atoms with van der Waals surface area (Å²) < 4.78 is 10.8. The molecular formula is C23H24N2O4S. The van der Waals surface area contributed by atoms with Gasteiger partial charge in [-0.3, -0.25) is 4.79 Å². The maximum Gasteiger partial charge on any atom is 0.252 e. The first kappa shape index (κ1) is 20.5. The second-order valence-electron chi connectivity index (χ2n) is 7.22. The summed E-state index contributed by atoms with van der Waals surface area (Å²) in [6.45, 7) is 0.169. The number of methoxy groups -OCH3 is 1. The van der Waals surface area contributed by atoms with Crippen molar-refractivity contribution in [2.75, 3.05) is 19.5 Å². The van der Waals surface area contributed by atoms with Crippen LogP contribution in [-0.4, -0.2) is 47.6 Å². The van der Waals surface area contributed by atoms with E-state index < -0.39 is 6.10 Å². The number of hydrogen-bond donors (Lipinski definition) is 2. The van der Waals surface area contributed by atoms with Crippen molar-refractivity contribution in [2.45, 2.75) is 30.0 Å². The molecule has 6 nitrogen and oxygen atoms in total. The van der Waals surface area contributed by atoms with Crippen LogP contribution < -0.4 is 14.8 Å². The maximum atomic E-state index is 12.7. The number of aliphatic hydroxyl groups is 1. The molecule has 1 atom stereocenters. The number of carbonyl (C=O) groups excluding carboxylic acids is 1. The van der Waals surface area contributed by atoms with Crippen LogP contribution >= 0.6 is 11.8 Å². The number of carbonyl (C=O) groups is 1. The molecular weight excluding hydrogens is 400 g/mol. The summed E-state index contributed by atoms with van der Waals surface area (Å²) in [5, 5.41) is 14.9. The highest BCUT2D eigenvalue weighted by molar-refractivity contribution is 7.99. The number of aromatic nitrogens is 1. The van der Waals surface area contributed by atoms with Gasteiger partial charge in [0.1, 0.15) is 18.1 Å². The molecule has 1 aromatic heterocycles. The van der Waals surface area contributed by atoms with Crippen molar-refractivity contribution in [3.8, 4) is 11.5 Å². The minimum absolute atomic E-state index is 0.0682. The van der Waals surface area contributed by atoms with Crippen molar-refractivity contribution in [3.05, 3.63) is 60.2 Å². The lowest BCUT2D eigenvalue weighted by Gasteiger charge is -2.13. The molecule has 0 saturated heterocycles. The van der Waals surface area contributed by atoms with Gasteiger partial charge >= 0.3 is 0 Å². The van der Waals surface area contributed by atoms with E-state index in [0.717, 1.165) is 29.5 Å². The number of thioether (sulfide) groups is 1. The van der Waals surface area contributed by atoms with E-state index in [1.54, 1.807) is 19.2 Å². The summed E-state index contributed by atoms with van der Waals surface area (Å²) in [6, 6.07) is 16.9. The predicted molar refractivity (Wildman–Crippen MR) is 117 cm³/mol. The Balaban J connectivity index is 1.39. The Morgan fingerprint density at radius 1 is 1.20 bits per heavy atom. The van der Waals surface area contributed by atoms with Crippen molar-refractivity contribution in [1.29, 1.82) is 0 Å². The Bertz CT molecular complexity index is 1020. The van der Waals surface area contributed by atoms with Gasteiger partial charge in [-0.1, -0.05) is 18.2 Å². The maximum absolute atomic E-state index is 12.7. The third kappa shape index (κ3) is 5.23. The number of amides is 1. The third-order valence-electron chi connectivity index (χ3n) is 4.78. The fraction of sp³-hybridized carbons (Fsp3) is 0.304. The molecule has 0 spiro atoms. The van der Waals surface area contributed by atoms with Crippen LogP contribution in [-0.2, 0) is 0 Å². The van der Waals surface area contributed by atoms with Crippen LogP contribution in [0.1, 0.15) is 23.2 Å². The van der Waals surface area contributed by atoms with Crippen LogP contribution in [0.2, 0.25) is 0 Å². The Morgan fingerprint density at radius 2 is 1.93 bits per heavy atom. The molecule has 0 unspecified atom stereocenters. The number of fused-ring (bicyclic) bond motifs is 1. The molecule has 1 aliphatic rings. The van der Waals surface area contributed by atoms with Gasteiger partial charge in [-0.2, -0.15) is 0 Å². The number of benzene rings is 2. The van der Waals surface area contributed by atoms with E-state index >= 15 is 0 Å². The molecule has 0 bridgehead atoms. The zero-order valence-corrected chi connectivity index (χ0v) is 17.5. The fourth-order valence-corrected chi connectivity index (χ4v) is 3.82.